The summed E-state index contributed by atoms with van der Waals surface area (Å²) >= 11 is 0. The van der Waals surface area contributed by atoms with Crippen LogP contribution >= 0.6 is 0 Å². The number of rotatable bonds is 7. The van der Waals surface area contributed by atoms with Gasteiger partial charge < -0.3 is 14.9 Å². The number of aliphatic hydroxyl groups is 2. The molecule has 2 aliphatic rings. The van der Waals surface area contributed by atoms with E-state index in [4.69, 9.17) is 4.74 Å². The molecule has 0 unspecified atom stereocenters. The van der Waals surface area contributed by atoms with Gasteiger partial charge in [0.25, 0.3) is 0 Å². The Kier molecular flexibility index (Phi) is 7.43. The van der Waals surface area contributed by atoms with Crippen molar-refractivity contribution in [3.63, 3.8) is 0 Å². The smallest absolute Gasteiger partial charge is 0.338 e. The monoisotopic (exact) mass is 426 g/mol. The number of esters is 1. The van der Waals surface area contributed by atoms with Crippen molar-refractivity contribution in [2.45, 2.75) is 65.4 Å². The molecule has 0 saturated heterocycles. The van der Waals surface area contributed by atoms with Gasteiger partial charge in [0.15, 0.2) is 0 Å². The Balaban J connectivity index is 1.91. The van der Waals surface area contributed by atoms with Crippen LogP contribution in [-0.2, 0) is 4.74 Å². The number of benzene rings is 1. The first-order valence-electron chi connectivity index (χ1n) is 11.6. The molecule has 0 amide bonds. The van der Waals surface area contributed by atoms with E-state index >= 15 is 0 Å². The fourth-order valence-electron chi connectivity index (χ4n) is 6.46. The molecular weight excluding hydrogens is 388 g/mol. The van der Waals surface area contributed by atoms with E-state index in [9.17, 15) is 15.0 Å². The zero-order valence-electron chi connectivity index (χ0n) is 19.3. The van der Waals surface area contributed by atoms with Crippen molar-refractivity contribution >= 4 is 5.97 Å². The largest absolute Gasteiger partial charge is 0.458 e. The molecule has 0 aromatic heterocycles. The van der Waals surface area contributed by atoms with Gasteiger partial charge in [-0.3, -0.25) is 0 Å². The number of carbonyl (C=O) groups is 1. The van der Waals surface area contributed by atoms with E-state index in [0.717, 1.165) is 37.7 Å². The topological polar surface area (TPSA) is 66.8 Å². The minimum atomic E-state index is -0.299. The van der Waals surface area contributed by atoms with E-state index in [-0.39, 0.29) is 42.0 Å². The zero-order chi connectivity index (χ0) is 22.6. The predicted molar refractivity (Wildman–Crippen MR) is 124 cm³/mol. The molecule has 31 heavy (non-hydrogen) atoms. The number of hydrogen-bond acceptors (Lipinski definition) is 4. The molecule has 170 valence electrons. The van der Waals surface area contributed by atoms with Gasteiger partial charge in [0.05, 0.1) is 12.2 Å². The van der Waals surface area contributed by atoms with Crippen LogP contribution in [0.5, 0.6) is 0 Å². The summed E-state index contributed by atoms with van der Waals surface area (Å²) in [7, 11) is 0. The van der Waals surface area contributed by atoms with Gasteiger partial charge in [0.2, 0.25) is 0 Å². The van der Waals surface area contributed by atoms with Gasteiger partial charge in [-0.05, 0) is 61.5 Å². The summed E-state index contributed by atoms with van der Waals surface area (Å²) in [6, 6.07) is 9.14. The average Bonchev–Trinajstić information content (AvgIpc) is 2.73. The van der Waals surface area contributed by atoms with Crippen molar-refractivity contribution in [3.8, 4) is 0 Å². The van der Waals surface area contributed by atoms with E-state index in [1.165, 1.54) is 5.57 Å². The number of hydrogen-bond donors (Lipinski definition) is 2. The van der Waals surface area contributed by atoms with Crippen LogP contribution in [0.3, 0.4) is 0 Å². The van der Waals surface area contributed by atoms with Gasteiger partial charge in [-0.1, -0.05) is 62.3 Å². The van der Waals surface area contributed by atoms with Crippen LogP contribution in [0.1, 0.15) is 69.7 Å². The fraction of sp³-hybridized carbons (Fsp3) is 0.593. The molecule has 2 N–H and O–H groups in total. The summed E-state index contributed by atoms with van der Waals surface area (Å²) < 4.78 is 6.14. The first-order valence-corrected chi connectivity index (χ1v) is 11.6. The normalized spacial score (nSPS) is 33.6. The second-order valence-electron chi connectivity index (χ2n) is 10.1. The lowest BCUT2D eigenvalue weighted by Crippen LogP contribution is -2.58. The highest BCUT2D eigenvalue weighted by Crippen LogP contribution is 2.62. The first-order chi connectivity index (χ1) is 14.7. The van der Waals surface area contributed by atoms with Crippen molar-refractivity contribution in [1.29, 1.82) is 0 Å². The molecule has 4 nitrogen and oxygen atoms in total. The Morgan fingerprint density at radius 2 is 1.94 bits per heavy atom. The van der Waals surface area contributed by atoms with Gasteiger partial charge in [-0.15, -0.1) is 0 Å². The summed E-state index contributed by atoms with van der Waals surface area (Å²) in [5.74, 6) is 0.0771. The molecule has 0 aliphatic heterocycles. The van der Waals surface area contributed by atoms with Crippen LogP contribution in [0.2, 0.25) is 0 Å². The third-order valence-corrected chi connectivity index (χ3v) is 7.94. The Morgan fingerprint density at radius 1 is 1.23 bits per heavy atom. The van der Waals surface area contributed by atoms with Gasteiger partial charge >= 0.3 is 5.97 Å². The molecule has 0 spiro atoms. The standard InChI is InChI=1S/C27H38O4/c1-19(13-16-28)11-12-22-20(2)17-23(31-25(30)21-9-6-5-7-10-21)24-26(3,18-29)14-8-15-27(22,24)4/h5-7,9-10,13,22-24,28-29H,2,8,11-12,14-18H2,1,3-4H3/t22-,23-,24+,26+,27-/m1/s1. The van der Waals surface area contributed by atoms with Gasteiger partial charge in [-0.2, -0.15) is 0 Å². The molecule has 2 fully saturated rings. The lowest BCUT2D eigenvalue weighted by molar-refractivity contribution is -0.145. The molecule has 0 heterocycles. The molecule has 4 heteroatoms. The van der Waals surface area contributed by atoms with Gasteiger partial charge in [0.1, 0.15) is 6.10 Å². The van der Waals surface area contributed by atoms with Crippen molar-refractivity contribution in [2.75, 3.05) is 13.2 Å². The van der Waals surface area contributed by atoms with Gasteiger partial charge in [0, 0.05) is 18.9 Å². The Bertz CT molecular complexity index is 814. The van der Waals surface area contributed by atoms with E-state index in [0.29, 0.717) is 17.9 Å². The lowest BCUT2D eigenvalue weighted by Gasteiger charge is -2.60. The average molecular weight is 427 g/mol. The van der Waals surface area contributed by atoms with E-state index in [1.54, 1.807) is 12.1 Å². The van der Waals surface area contributed by atoms with Crippen molar-refractivity contribution in [2.24, 2.45) is 22.7 Å². The molecule has 1 aromatic carbocycles. The Labute approximate surface area is 187 Å². The maximum Gasteiger partial charge on any atom is 0.338 e. The van der Waals surface area contributed by atoms with Crippen molar-refractivity contribution < 1.29 is 19.7 Å². The van der Waals surface area contributed by atoms with Crippen molar-refractivity contribution in [1.82, 2.24) is 0 Å². The molecule has 3 rings (SSSR count). The van der Waals surface area contributed by atoms with Crippen LogP contribution in [0, 0.1) is 22.7 Å². The summed E-state index contributed by atoms with van der Waals surface area (Å²) in [4.78, 5) is 12.9. The summed E-state index contributed by atoms with van der Waals surface area (Å²) in [5.41, 5.74) is 2.51. The highest BCUT2D eigenvalue weighted by molar-refractivity contribution is 5.89. The highest BCUT2D eigenvalue weighted by Gasteiger charge is 2.59. The summed E-state index contributed by atoms with van der Waals surface area (Å²) in [5, 5.41) is 19.6. The number of allylic oxidation sites excluding steroid dienone is 1. The second kappa shape index (κ2) is 9.70. The lowest BCUT2D eigenvalue weighted by atomic mass is 9.46. The number of ether oxygens (including phenoxy) is 1. The maximum absolute atomic E-state index is 12.9. The van der Waals surface area contributed by atoms with E-state index < -0.39 is 0 Å². The van der Waals surface area contributed by atoms with Gasteiger partial charge in [-0.25, -0.2) is 4.79 Å². The number of carbonyl (C=O) groups excluding carboxylic acids is 1. The van der Waals surface area contributed by atoms with Crippen LogP contribution in [0.15, 0.2) is 54.1 Å². The third kappa shape index (κ3) is 4.80. The summed E-state index contributed by atoms with van der Waals surface area (Å²) in [6.07, 6.45) is 7.14. The second-order valence-corrected chi connectivity index (χ2v) is 10.1. The van der Waals surface area contributed by atoms with Crippen molar-refractivity contribution in [3.05, 3.63) is 59.7 Å². The van der Waals surface area contributed by atoms with E-state index in [2.05, 4.69) is 27.4 Å². The van der Waals surface area contributed by atoms with E-state index in [1.807, 2.05) is 24.3 Å². The minimum Gasteiger partial charge on any atom is -0.458 e. The quantitative estimate of drug-likeness (QED) is 0.458. The third-order valence-electron chi connectivity index (χ3n) is 7.94. The Morgan fingerprint density at radius 3 is 2.58 bits per heavy atom. The molecule has 1 aromatic rings. The van der Waals surface area contributed by atoms with Crippen LogP contribution in [0.4, 0.5) is 0 Å². The molecule has 0 bridgehead atoms. The molecule has 0 radical (unpaired) electrons. The molecule has 2 saturated carbocycles. The number of fused-ring (bicyclic) bond motifs is 1. The van der Waals surface area contributed by atoms with Crippen LogP contribution in [-0.4, -0.2) is 35.5 Å². The van der Waals surface area contributed by atoms with Crippen LogP contribution in [0.25, 0.3) is 0 Å². The molecular formula is C27H38O4. The SMILES string of the molecule is C=C1C[C@@H](OC(=O)c2ccccc2)[C@H]2[C@](C)(CO)CCC[C@]2(C)[C@@H]1CCC(C)=CCO. The zero-order valence-corrected chi connectivity index (χ0v) is 19.3. The number of aliphatic hydroxyl groups excluding tert-OH is 2. The summed E-state index contributed by atoms with van der Waals surface area (Å²) in [6.45, 7) is 11.1. The Hall–Kier alpha value is -1.91. The highest BCUT2D eigenvalue weighted by atomic mass is 16.5. The predicted octanol–water partition coefficient (Wildman–Crippen LogP) is 5.31. The molecule has 5 atom stereocenters. The fourth-order valence-corrected chi connectivity index (χ4v) is 6.46. The maximum atomic E-state index is 12.9. The van der Waals surface area contributed by atoms with Crippen LogP contribution < -0.4 is 0 Å². The first kappa shape index (κ1) is 23.7. The minimum absolute atomic E-state index is 0.0669. The molecule has 2 aliphatic carbocycles.